The number of nitrogens with one attached hydrogen (secondary N) is 2. The van der Waals surface area contributed by atoms with Gasteiger partial charge in [-0.15, -0.1) is 0 Å². The molecule has 13 heteroatoms. The van der Waals surface area contributed by atoms with E-state index in [9.17, 15) is 22.8 Å². The molecule has 0 aromatic carbocycles. The molecular weight excluding hydrogens is 478 g/mol. The van der Waals surface area contributed by atoms with Crippen molar-refractivity contribution in [1.82, 2.24) is 25.7 Å². The predicted molar refractivity (Wildman–Crippen MR) is 128 cm³/mol. The first-order valence-electron chi connectivity index (χ1n) is 11.8. The summed E-state index contributed by atoms with van der Waals surface area (Å²) < 4.78 is 36.4. The molecular formula is C22H37N5O7S. The Kier molecular flexibility index (Phi) is 9.78. The minimum absolute atomic E-state index is 0.135. The zero-order chi connectivity index (χ0) is 26.4. The number of ketones is 1. The van der Waals surface area contributed by atoms with Gasteiger partial charge in [-0.3, -0.25) is 9.59 Å². The van der Waals surface area contributed by atoms with Crippen molar-refractivity contribution in [3.8, 4) is 0 Å². The number of aromatic nitrogens is 2. The number of hydrogen-bond donors (Lipinski definition) is 2. The molecule has 0 aliphatic carbocycles. The second kappa shape index (κ2) is 11.9. The molecule has 1 aromatic rings. The van der Waals surface area contributed by atoms with Crippen LogP contribution in [0, 0.1) is 5.92 Å². The summed E-state index contributed by atoms with van der Waals surface area (Å²) in [6.45, 7) is 12.1. The van der Waals surface area contributed by atoms with Crippen molar-refractivity contribution in [1.29, 1.82) is 0 Å². The van der Waals surface area contributed by atoms with Crippen LogP contribution < -0.4 is 10.6 Å². The van der Waals surface area contributed by atoms with Gasteiger partial charge in [-0.1, -0.05) is 46.7 Å². The number of ether oxygens (including phenoxy) is 1. The number of amides is 3. The highest BCUT2D eigenvalue weighted by Gasteiger charge is 2.37. The molecule has 2 heterocycles. The van der Waals surface area contributed by atoms with Crippen LogP contribution in [-0.2, 0) is 24.8 Å². The standard InChI is InChI=1S/C22H37N5O7S/c1-7-15(16(28)18-25-20(34-26-18)22(4,5)6)24-19(29)17(14(2)3)35(31,32)13-8-23-21(30)27-9-11-33-12-10-27/h14-15,17H,7-13H2,1-6H3,(H,23,30)(H,24,29)/t15-,17+/m0/s1. The van der Waals surface area contributed by atoms with E-state index in [2.05, 4.69) is 20.8 Å². The van der Waals surface area contributed by atoms with Gasteiger partial charge in [-0.2, -0.15) is 4.98 Å². The summed E-state index contributed by atoms with van der Waals surface area (Å²) in [6, 6.07) is -1.38. The fourth-order valence-electron chi connectivity index (χ4n) is 3.58. The number of hydrogen-bond acceptors (Lipinski definition) is 9. The van der Waals surface area contributed by atoms with Gasteiger partial charge in [0.1, 0.15) is 5.25 Å². The predicted octanol–water partition coefficient (Wildman–Crippen LogP) is 0.926. The molecule has 0 spiro atoms. The Bertz CT molecular complexity index is 994. The quantitative estimate of drug-likeness (QED) is 0.432. The highest BCUT2D eigenvalue weighted by molar-refractivity contribution is 7.92. The molecule has 2 atom stereocenters. The summed E-state index contributed by atoms with van der Waals surface area (Å²) in [7, 11) is -3.94. The van der Waals surface area contributed by atoms with Crippen LogP contribution in [0.5, 0.6) is 0 Å². The number of nitrogens with zero attached hydrogens (tertiary/aromatic N) is 3. The first kappa shape index (κ1) is 28.7. The van der Waals surface area contributed by atoms with Crippen LogP contribution >= 0.6 is 0 Å². The number of rotatable bonds is 10. The summed E-state index contributed by atoms with van der Waals surface area (Å²) in [4.78, 5) is 43.8. The lowest BCUT2D eigenvalue weighted by Crippen LogP contribution is -2.51. The largest absolute Gasteiger partial charge is 0.378 e. The zero-order valence-corrected chi connectivity index (χ0v) is 22.1. The highest BCUT2D eigenvalue weighted by Crippen LogP contribution is 2.20. The molecule has 1 saturated heterocycles. The summed E-state index contributed by atoms with van der Waals surface area (Å²) >= 11 is 0. The van der Waals surface area contributed by atoms with E-state index in [1.807, 2.05) is 20.8 Å². The van der Waals surface area contributed by atoms with Crippen molar-refractivity contribution in [2.45, 2.75) is 64.7 Å². The molecule has 0 unspecified atom stereocenters. The van der Waals surface area contributed by atoms with E-state index in [1.165, 1.54) is 0 Å². The molecule has 12 nitrogen and oxygen atoms in total. The van der Waals surface area contributed by atoms with Crippen molar-refractivity contribution in [2.75, 3.05) is 38.6 Å². The summed E-state index contributed by atoms with van der Waals surface area (Å²) in [5.41, 5.74) is -0.454. The molecule has 3 amide bonds. The fraction of sp³-hybridized carbons (Fsp3) is 0.773. The van der Waals surface area contributed by atoms with E-state index < -0.39 is 49.9 Å². The van der Waals surface area contributed by atoms with Gasteiger partial charge in [0.15, 0.2) is 9.84 Å². The van der Waals surface area contributed by atoms with Crippen molar-refractivity contribution in [2.24, 2.45) is 5.92 Å². The minimum Gasteiger partial charge on any atom is -0.378 e. The van der Waals surface area contributed by atoms with Gasteiger partial charge in [-0.05, 0) is 12.3 Å². The Labute approximate surface area is 206 Å². The lowest BCUT2D eigenvalue weighted by molar-refractivity contribution is -0.121. The molecule has 2 N–H and O–H groups in total. The monoisotopic (exact) mass is 515 g/mol. The summed E-state index contributed by atoms with van der Waals surface area (Å²) in [5.74, 6) is -2.19. The first-order valence-corrected chi connectivity index (χ1v) is 13.5. The maximum atomic E-state index is 13.0. The second-order valence-corrected chi connectivity index (χ2v) is 12.1. The van der Waals surface area contributed by atoms with Gasteiger partial charge >= 0.3 is 6.03 Å². The number of carbonyl (C=O) groups excluding carboxylic acids is 3. The summed E-state index contributed by atoms with van der Waals surface area (Å²) in [5, 5.41) is 7.48. The Balaban J connectivity index is 2.04. The van der Waals surface area contributed by atoms with E-state index in [-0.39, 0.29) is 30.7 Å². The number of carbonyl (C=O) groups is 3. The van der Waals surface area contributed by atoms with Crippen LogP contribution in [0.3, 0.4) is 0 Å². The van der Waals surface area contributed by atoms with Gasteiger partial charge in [0.05, 0.1) is 25.0 Å². The Morgan fingerprint density at radius 2 is 1.77 bits per heavy atom. The summed E-state index contributed by atoms with van der Waals surface area (Å²) in [6.07, 6.45) is 0.213. The maximum Gasteiger partial charge on any atom is 0.317 e. The lowest BCUT2D eigenvalue weighted by atomic mass is 9.97. The van der Waals surface area contributed by atoms with Crippen molar-refractivity contribution in [3.63, 3.8) is 0 Å². The Morgan fingerprint density at radius 1 is 1.14 bits per heavy atom. The third kappa shape index (κ3) is 7.72. The molecule has 1 aliphatic heterocycles. The normalized spacial score (nSPS) is 16.6. The zero-order valence-electron chi connectivity index (χ0n) is 21.3. The van der Waals surface area contributed by atoms with Crippen LogP contribution in [-0.4, -0.2) is 91.1 Å². The highest BCUT2D eigenvalue weighted by atomic mass is 32.2. The van der Waals surface area contributed by atoms with E-state index in [1.54, 1.807) is 25.7 Å². The van der Waals surface area contributed by atoms with E-state index in [4.69, 9.17) is 9.26 Å². The van der Waals surface area contributed by atoms with Gasteiger partial charge in [-0.25, -0.2) is 13.2 Å². The second-order valence-electron chi connectivity index (χ2n) is 9.87. The van der Waals surface area contributed by atoms with Gasteiger partial charge in [0.25, 0.3) is 0 Å². The van der Waals surface area contributed by atoms with Crippen LogP contribution in [0.15, 0.2) is 4.52 Å². The van der Waals surface area contributed by atoms with Crippen LogP contribution in [0.1, 0.15) is 64.5 Å². The van der Waals surface area contributed by atoms with E-state index >= 15 is 0 Å². The smallest absolute Gasteiger partial charge is 0.317 e. The van der Waals surface area contributed by atoms with Crippen LogP contribution in [0.4, 0.5) is 4.79 Å². The molecule has 1 aliphatic rings. The third-order valence-electron chi connectivity index (χ3n) is 5.54. The van der Waals surface area contributed by atoms with Crippen molar-refractivity contribution < 1.29 is 32.1 Å². The number of morpholine rings is 1. The molecule has 35 heavy (non-hydrogen) atoms. The molecule has 2 rings (SSSR count). The topological polar surface area (TPSA) is 161 Å². The average Bonchev–Trinajstić information content (AvgIpc) is 3.28. The van der Waals surface area contributed by atoms with Gasteiger partial charge < -0.3 is 24.8 Å². The molecule has 0 radical (unpaired) electrons. The van der Waals surface area contributed by atoms with E-state index in [0.717, 1.165) is 0 Å². The van der Waals surface area contributed by atoms with Gasteiger partial charge in [0.2, 0.25) is 23.4 Å². The molecule has 1 aromatic heterocycles. The average molecular weight is 516 g/mol. The third-order valence-corrected chi connectivity index (χ3v) is 7.85. The van der Waals surface area contributed by atoms with Crippen molar-refractivity contribution >= 4 is 27.6 Å². The SMILES string of the molecule is CC[C@H](NC(=O)[C@@H](C(C)C)S(=O)(=O)CCNC(=O)N1CCOCC1)C(=O)c1noc(C(C)(C)C)n1. The number of urea groups is 1. The lowest BCUT2D eigenvalue weighted by Gasteiger charge is -2.27. The first-order chi connectivity index (χ1) is 16.3. The number of sulfone groups is 1. The fourth-order valence-corrected chi connectivity index (χ4v) is 5.44. The minimum atomic E-state index is -3.94. The Hall–Kier alpha value is -2.54. The van der Waals surface area contributed by atoms with Gasteiger partial charge in [0, 0.05) is 25.0 Å². The molecule has 198 valence electrons. The molecule has 0 saturated carbocycles. The molecule has 1 fully saturated rings. The van der Waals surface area contributed by atoms with Crippen LogP contribution in [0.2, 0.25) is 0 Å². The maximum absolute atomic E-state index is 13.0. The van der Waals surface area contributed by atoms with Crippen LogP contribution in [0.25, 0.3) is 0 Å². The van der Waals surface area contributed by atoms with E-state index in [0.29, 0.717) is 26.3 Å². The molecule has 0 bridgehead atoms. The number of Topliss-reactive ketones (excluding diaryl/α,β-unsaturated/α-hetero) is 1. The Morgan fingerprint density at radius 3 is 2.29 bits per heavy atom. The van der Waals surface area contributed by atoms with Crippen molar-refractivity contribution in [3.05, 3.63) is 11.7 Å².